The molecule has 8 nitrogen and oxygen atoms in total. The third-order valence-electron chi connectivity index (χ3n) is 5.40. The SMILES string of the molecule is C/C(=C\C=N/CN)c1cnc(NCc2cc(C=O)ccc2F)c2c1OCC2.C=CCC.CNCCCOC. The van der Waals surface area contributed by atoms with Crippen LogP contribution in [0.1, 0.15) is 53.7 Å². The molecule has 1 aliphatic rings. The number of fused-ring (bicyclic) bond motifs is 1. The minimum absolute atomic E-state index is 0.226. The largest absolute Gasteiger partial charge is 0.492 e. The molecule has 38 heavy (non-hydrogen) atoms. The van der Waals surface area contributed by atoms with E-state index in [9.17, 15) is 9.18 Å². The topological polar surface area (TPSA) is 111 Å². The van der Waals surface area contributed by atoms with Crippen molar-refractivity contribution in [2.75, 3.05) is 45.9 Å². The van der Waals surface area contributed by atoms with Gasteiger partial charge in [-0.3, -0.25) is 9.79 Å². The number of allylic oxidation sites excluding steroid dienone is 3. The van der Waals surface area contributed by atoms with Gasteiger partial charge in [0.25, 0.3) is 0 Å². The number of carbonyl (C=O) groups is 1. The Labute approximate surface area is 226 Å². The molecule has 0 saturated heterocycles. The summed E-state index contributed by atoms with van der Waals surface area (Å²) in [7, 11) is 3.66. The number of rotatable bonds is 12. The number of aromatic nitrogens is 1. The minimum Gasteiger partial charge on any atom is -0.492 e. The maximum absolute atomic E-state index is 14.0. The summed E-state index contributed by atoms with van der Waals surface area (Å²) in [4.78, 5) is 19.4. The van der Waals surface area contributed by atoms with E-state index in [2.05, 4.69) is 34.1 Å². The third-order valence-corrected chi connectivity index (χ3v) is 5.40. The van der Waals surface area contributed by atoms with Crippen molar-refractivity contribution in [2.24, 2.45) is 10.7 Å². The van der Waals surface area contributed by atoms with E-state index in [1.54, 1.807) is 19.5 Å². The summed E-state index contributed by atoms with van der Waals surface area (Å²) in [5, 5.41) is 6.19. The van der Waals surface area contributed by atoms with Crippen molar-refractivity contribution in [1.29, 1.82) is 0 Å². The Hall–Kier alpha value is -3.40. The van der Waals surface area contributed by atoms with Gasteiger partial charge in [0.05, 0.1) is 13.3 Å². The van der Waals surface area contributed by atoms with E-state index in [1.165, 1.54) is 18.2 Å². The first kappa shape index (κ1) is 32.6. The number of pyridine rings is 1. The second-order valence-corrected chi connectivity index (χ2v) is 8.26. The summed E-state index contributed by atoms with van der Waals surface area (Å²) in [5.74, 6) is 1.07. The molecule has 0 bridgehead atoms. The predicted molar refractivity (Wildman–Crippen MR) is 155 cm³/mol. The highest BCUT2D eigenvalue weighted by Crippen LogP contribution is 2.37. The number of ether oxygens (including phenoxy) is 2. The standard InChI is InChI=1S/C20H21FN4O2.C5H13NO.C4H8/c1-13(4-6-23-12-22)17-10-25-20(16-5-7-27-19(16)17)24-9-15-8-14(11-26)2-3-18(15)21;1-6-4-3-5-7-2;1-3-4-2/h2-4,6,8,10-11H,5,7,9,12,22H2,1H3,(H,24,25);6H,3-5H2,1-2H3;3H,1,4H2,2H3/b13-4+,23-6-;;. The van der Waals surface area contributed by atoms with Crippen LogP contribution in [0.25, 0.3) is 5.57 Å². The molecule has 9 heteroatoms. The molecule has 0 unspecified atom stereocenters. The van der Waals surface area contributed by atoms with E-state index in [0.717, 1.165) is 54.9 Å². The summed E-state index contributed by atoms with van der Waals surface area (Å²) in [6.07, 6.45) is 10.7. The lowest BCUT2D eigenvalue weighted by atomic mass is 10.0. The molecule has 0 radical (unpaired) electrons. The van der Waals surface area contributed by atoms with E-state index in [0.29, 0.717) is 29.8 Å². The lowest BCUT2D eigenvalue weighted by Gasteiger charge is -2.13. The molecule has 2 aromatic rings. The molecule has 0 saturated carbocycles. The number of hydrogen-bond donors (Lipinski definition) is 3. The molecule has 1 aromatic heterocycles. The second-order valence-electron chi connectivity index (χ2n) is 8.26. The van der Waals surface area contributed by atoms with Crippen molar-refractivity contribution in [3.05, 3.63) is 71.2 Å². The molecule has 208 valence electrons. The van der Waals surface area contributed by atoms with Crippen LogP contribution in [0, 0.1) is 5.82 Å². The van der Waals surface area contributed by atoms with Gasteiger partial charge in [0.1, 0.15) is 23.7 Å². The molecule has 1 aromatic carbocycles. The van der Waals surface area contributed by atoms with Crippen LogP contribution in [0.5, 0.6) is 5.75 Å². The Morgan fingerprint density at radius 2 is 2.16 bits per heavy atom. The van der Waals surface area contributed by atoms with Crippen molar-refractivity contribution in [1.82, 2.24) is 10.3 Å². The molecule has 0 spiro atoms. The fourth-order valence-corrected chi connectivity index (χ4v) is 3.31. The Balaban J connectivity index is 0.000000554. The highest BCUT2D eigenvalue weighted by molar-refractivity contribution is 5.86. The van der Waals surface area contributed by atoms with E-state index in [-0.39, 0.29) is 19.0 Å². The van der Waals surface area contributed by atoms with Gasteiger partial charge in [-0.25, -0.2) is 9.37 Å². The molecule has 2 heterocycles. The molecule has 1 aliphatic heterocycles. The molecule has 4 N–H and O–H groups in total. The number of nitrogens with one attached hydrogen (secondary N) is 2. The van der Waals surface area contributed by atoms with Crippen molar-refractivity contribution in [3.63, 3.8) is 0 Å². The van der Waals surface area contributed by atoms with E-state index in [1.807, 2.05) is 26.1 Å². The number of benzene rings is 1. The lowest BCUT2D eigenvalue weighted by molar-refractivity contribution is 0.112. The zero-order chi connectivity index (χ0) is 28.2. The average Bonchev–Trinajstić information content (AvgIpc) is 3.44. The van der Waals surface area contributed by atoms with Gasteiger partial charge in [-0.2, -0.15) is 0 Å². The van der Waals surface area contributed by atoms with Crippen LogP contribution in [0.4, 0.5) is 10.2 Å². The molecule has 0 aliphatic carbocycles. The molecule has 0 atom stereocenters. The quantitative estimate of drug-likeness (QED) is 0.157. The van der Waals surface area contributed by atoms with E-state index < -0.39 is 0 Å². The summed E-state index contributed by atoms with van der Waals surface area (Å²) in [6.45, 7) is 10.4. The van der Waals surface area contributed by atoms with Crippen molar-refractivity contribution in [2.45, 2.75) is 39.7 Å². The number of halogens is 1. The van der Waals surface area contributed by atoms with Crippen LogP contribution in [0.2, 0.25) is 0 Å². The van der Waals surface area contributed by atoms with Crippen LogP contribution >= 0.6 is 0 Å². The number of anilines is 1. The zero-order valence-corrected chi connectivity index (χ0v) is 23.1. The Kier molecular flexibility index (Phi) is 16.9. The summed E-state index contributed by atoms with van der Waals surface area (Å²) in [5.41, 5.74) is 9.02. The molecular weight excluding hydrogens is 485 g/mol. The van der Waals surface area contributed by atoms with Gasteiger partial charge in [-0.1, -0.05) is 13.0 Å². The van der Waals surface area contributed by atoms with Gasteiger partial charge in [0, 0.05) is 61.3 Å². The van der Waals surface area contributed by atoms with Crippen molar-refractivity contribution in [3.8, 4) is 5.75 Å². The Bertz CT molecular complexity index is 1050. The Morgan fingerprint density at radius 1 is 1.39 bits per heavy atom. The highest BCUT2D eigenvalue weighted by Gasteiger charge is 2.22. The van der Waals surface area contributed by atoms with Crippen LogP contribution in [-0.2, 0) is 17.7 Å². The zero-order valence-electron chi connectivity index (χ0n) is 23.1. The normalized spacial score (nSPS) is 12.0. The maximum atomic E-state index is 14.0. The number of nitrogens with zero attached hydrogens (tertiary/aromatic N) is 2. The van der Waals surface area contributed by atoms with E-state index >= 15 is 0 Å². The number of aldehydes is 1. The van der Waals surface area contributed by atoms with Gasteiger partial charge in [-0.05, 0) is 63.2 Å². The van der Waals surface area contributed by atoms with Crippen LogP contribution in [0.15, 0.2) is 48.1 Å². The lowest BCUT2D eigenvalue weighted by Crippen LogP contribution is -2.09. The van der Waals surface area contributed by atoms with Gasteiger partial charge in [-0.15, -0.1) is 6.58 Å². The van der Waals surface area contributed by atoms with Gasteiger partial charge < -0.3 is 25.8 Å². The first-order chi connectivity index (χ1) is 18.5. The highest BCUT2D eigenvalue weighted by atomic mass is 19.1. The summed E-state index contributed by atoms with van der Waals surface area (Å²) in [6, 6.07) is 4.28. The van der Waals surface area contributed by atoms with Crippen LogP contribution in [-0.4, -0.2) is 58.1 Å². The van der Waals surface area contributed by atoms with Gasteiger partial charge in [0.2, 0.25) is 0 Å². The van der Waals surface area contributed by atoms with Gasteiger partial charge >= 0.3 is 0 Å². The minimum atomic E-state index is -0.365. The van der Waals surface area contributed by atoms with Crippen molar-refractivity contribution < 1.29 is 18.7 Å². The van der Waals surface area contributed by atoms with Crippen LogP contribution in [0.3, 0.4) is 0 Å². The number of nitrogens with two attached hydrogens (primary N) is 1. The molecular formula is C29H42FN5O3. The average molecular weight is 528 g/mol. The number of methoxy groups -OCH3 is 1. The molecule has 0 amide bonds. The number of aliphatic imine (C=N–C) groups is 1. The summed E-state index contributed by atoms with van der Waals surface area (Å²) < 4.78 is 24.6. The first-order valence-corrected chi connectivity index (χ1v) is 12.7. The van der Waals surface area contributed by atoms with Gasteiger partial charge in [0.15, 0.2) is 0 Å². The van der Waals surface area contributed by atoms with Crippen LogP contribution < -0.4 is 21.1 Å². The monoisotopic (exact) mass is 527 g/mol. The van der Waals surface area contributed by atoms with Crippen molar-refractivity contribution >= 4 is 23.9 Å². The molecule has 3 rings (SSSR count). The maximum Gasteiger partial charge on any atom is 0.150 e. The predicted octanol–water partition coefficient (Wildman–Crippen LogP) is 4.80. The summed E-state index contributed by atoms with van der Waals surface area (Å²) >= 11 is 0. The Morgan fingerprint density at radius 3 is 2.79 bits per heavy atom. The number of carbonyl (C=O) groups excluding carboxylic acids is 1. The second kappa shape index (κ2) is 19.7. The smallest absolute Gasteiger partial charge is 0.150 e. The first-order valence-electron chi connectivity index (χ1n) is 12.7. The van der Waals surface area contributed by atoms with E-state index in [4.69, 9.17) is 15.2 Å². The fourth-order valence-electron chi connectivity index (χ4n) is 3.31. The number of hydrogen-bond acceptors (Lipinski definition) is 8. The molecule has 0 fully saturated rings. The fraction of sp³-hybridized carbons (Fsp3) is 0.414. The third kappa shape index (κ3) is 11.3.